The van der Waals surface area contributed by atoms with E-state index in [1.165, 1.54) is 25.7 Å². The molecule has 1 heterocycles. The van der Waals surface area contributed by atoms with Gasteiger partial charge >= 0.3 is 0 Å². The van der Waals surface area contributed by atoms with Crippen molar-refractivity contribution < 1.29 is 0 Å². The van der Waals surface area contributed by atoms with Crippen LogP contribution in [0.1, 0.15) is 52.3 Å². The van der Waals surface area contributed by atoms with E-state index in [0.717, 1.165) is 37.2 Å². The molecule has 0 aliphatic heterocycles. The van der Waals surface area contributed by atoms with Crippen LogP contribution in [-0.2, 0) is 13.5 Å². The monoisotopic (exact) mass is 278 g/mol. The van der Waals surface area contributed by atoms with Gasteiger partial charge in [-0.3, -0.25) is 4.68 Å². The molecule has 0 saturated heterocycles. The Labute approximate surface area is 123 Å². The van der Waals surface area contributed by atoms with Gasteiger partial charge in [0.15, 0.2) is 0 Å². The Bertz CT molecular complexity index is 410. The zero-order valence-electron chi connectivity index (χ0n) is 13.5. The Morgan fingerprint density at radius 2 is 2.20 bits per heavy atom. The molecule has 2 unspecified atom stereocenters. The van der Waals surface area contributed by atoms with E-state index in [1.54, 1.807) is 6.33 Å². The van der Waals surface area contributed by atoms with Crippen molar-refractivity contribution in [2.75, 3.05) is 13.1 Å². The standard InChI is InChI=1S/C16H30N4/c1-5-8-17-11-13-6-7-16(2,3)10-14(13)9-15-18-12-19-20(15)4/h12-14,17H,5-11H2,1-4H3. The topological polar surface area (TPSA) is 42.7 Å². The molecule has 2 atom stereocenters. The highest BCUT2D eigenvalue weighted by atomic mass is 15.3. The highest BCUT2D eigenvalue weighted by Gasteiger charge is 2.35. The van der Waals surface area contributed by atoms with Crippen LogP contribution in [0.5, 0.6) is 0 Å². The molecule has 1 aromatic rings. The van der Waals surface area contributed by atoms with Crippen LogP contribution in [0.3, 0.4) is 0 Å². The summed E-state index contributed by atoms with van der Waals surface area (Å²) in [5.74, 6) is 2.64. The first-order chi connectivity index (χ1) is 9.52. The SMILES string of the molecule is CCCNCC1CCC(C)(C)CC1Cc1ncnn1C. The van der Waals surface area contributed by atoms with E-state index in [0.29, 0.717) is 5.41 Å². The maximum absolute atomic E-state index is 4.42. The average molecular weight is 278 g/mol. The van der Waals surface area contributed by atoms with Gasteiger partial charge in [-0.2, -0.15) is 5.10 Å². The number of aryl methyl sites for hydroxylation is 1. The van der Waals surface area contributed by atoms with Gasteiger partial charge in [-0.25, -0.2) is 4.98 Å². The van der Waals surface area contributed by atoms with Crippen LogP contribution in [0.25, 0.3) is 0 Å². The molecular formula is C16H30N4. The summed E-state index contributed by atoms with van der Waals surface area (Å²) < 4.78 is 1.93. The van der Waals surface area contributed by atoms with Crippen LogP contribution in [0.15, 0.2) is 6.33 Å². The maximum atomic E-state index is 4.42. The predicted octanol–water partition coefficient (Wildman–Crippen LogP) is 2.80. The summed E-state index contributed by atoms with van der Waals surface area (Å²) in [6, 6.07) is 0. The fraction of sp³-hybridized carbons (Fsp3) is 0.875. The second-order valence-corrected chi connectivity index (χ2v) is 7.14. The number of hydrogen-bond acceptors (Lipinski definition) is 3. The largest absolute Gasteiger partial charge is 0.316 e. The summed E-state index contributed by atoms with van der Waals surface area (Å²) in [6.07, 6.45) is 7.95. The molecule has 114 valence electrons. The third kappa shape index (κ3) is 4.05. The van der Waals surface area contributed by atoms with E-state index in [9.17, 15) is 0 Å². The first-order valence-corrected chi connectivity index (χ1v) is 8.05. The number of rotatable bonds is 6. The third-order valence-electron chi connectivity index (χ3n) is 4.76. The lowest BCUT2D eigenvalue weighted by atomic mass is 9.66. The van der Waals surface area contributed by atoms with Crippen LogP contribution in [0.4, 0.5) is 0 Å². The molecule has 1 saturated carbocycles. The highest BCUT2D eigenvalue weighted by Crippen LogP contribution is 2.42. The minimum Gasteiger partial charge on any atom is -0.316 e. The van der Waals surface area contributed by atoms with Crippen molar-refractivity contribution in [2.45, 2.75) is 52.9 Å². The van der Waals surface area contributed by atoms with E-state index in [-0.39, 0.29) is 0 Å². The molecule has 0 bridgehead atoms. The molecule has 0 aromatic carbocycles. The van der Waals surface area contributed by atoms with E-state index in [2.05, 4.69) is 36.2 Å². The van der Waals surface area contributed by atoms with Gasteiger partial charge in [-0.15, -0.1) is 0 Å². The highest BCUT2D eigenvalue weighted by molar-refractivity contribution is 4.93. The number of nitrogens with one attached hydrogen (secondary N) is 1. The molecule has 1 N–H and O–H groups in total. The maximum Gasteiger partial charge on any atom is 0.138 e. The quantitative estimate of drug-likeness (QED) is 0.814. The van der Waals surface area contributed by atoms with Crippen LogP contribution in [0, 0.1) is 17.3 Å². The normalized spacial score (nSPS) is 25.8. The van der Waals surface area contributed by atoms with E-state index in [4.69, 9.17) is 0 Å². The summed E-state index contributed by atoms with van der Waals surface area (Å²) in [5.41, 5.74) is 0.477. The van der Waals surface area contributed by atoms with Gasteiger partial charge in [0.2, 0.25) is 0 Å². The fourth-order valence-electron chi connectivity index (χ4n) is 3.50. The summed E-state index contributed by atoms with van der Waals surface area (Å²) in [4.78, 5) is 4.42. The van der Waals surface area contributed by atoms with Gasteiger partial charge < -0.3 is 5.32 Å². The van der Waals surface area contributed by atoms with Crippen LogP contribution >= 0.6 is 0 Å². The Morgan fingerprint density at radius 3 is 2.85 bits per heavy atom. The van der Waals surface area contributed by atoms with Crippen molar-refractivity contribution >= 4 is 0 Å². The molecule has 4 heteroatoms. The Hall–Kier alpha value is -0.900. The predicted molar refractivity (Wildman–Crippen MR) is 82.5 cm³/mol. The van der Waals surface area contributed by atoms with Gasteiger partial charge in [0.05, 0.1) is 0 Å². The lowest BCUT2D eigenvalue weighted by molar-refractivity contribution is 0.114. The zero-order valence-corrected chi connectivity index (χ0v) is 13.5. The van der Waals surface area contributed by atoms with Crippen molar-refractivity contribution in [3.05, 3.63) is 12.2 Å². The second-order valence-electron chi connectivity index (χ2n) is 7.14. The lowest BCUT2D eigenvalue weighted by Gasteiger charge is -2.41. The first-order valence-electron chi connectivity index (χ1n) is 8.05. The van der Waals surface area contributed by atoms with Crippen molar-refractivity contribution in [1.82, 2.24) is 20.1 Å². The minimum atomic E-state index is 0.477. The molecule has 1 aliphatic rings. The molecule has 0 amide bonds. The van der Waals surface area contributed by atoms with Crippen molar-refractivity contribution in [2.24, 2.45) is 24.3 Å². The van der Waals surface area contributed by atoms with Crippen LogP contribution < -0.4 is 5.32 Å². The van der Waals surface area contributed by atoms with E-state index < -0.39 is 0 Å². The molecule has 1 aliphatic carbocycles. The Morgan fingerprint density at radius 1 is 1.40 bits per heavy atom. The molecule has 0 radical (unpaired) electrons. The number of hydrogen-bond donors (Lipinski definition) is 1. The lowest BCUT2D eigenvalue weighted by Crippen LogP contribution is -2.37. The summed E-state index contributed by atoms with van der Waals surface area (Å²) in [6.45, 7) is 9.34. The van der Waals surface area contributed by atoms with Crippen LogP contribution in [-0.4, -0.2) is 27.9 Å². The molecule has 2 rings (SSSR count). The second kappa shape index (κ2) is 6.70. The van der Waals surface area contributed by atoms with E-state index in [1.807, 2.05) is 11.7 Å². The summed E-state index contributed by atoms with van der Waals surface area (Å²) >= 11 is 0. The fourth-order valence-corrected chi connectivity index (χ4v) is 3.50. The average Bonchev–Trinajstić information content (AvgIpc) is 2.77. The summed E-state index contributed by atoms with van der Waals surface area (Å²) in [5, 5.41) is 7.82. The van der Waals surface area contributed by atoms with E-state index >= 15 is 0 Å². The molecular weight excluding hydrogens is 248 g/mol. The van der Waals surface area contributed by atoms with Crippen molar-refractivity contribution in [1.29, 1.82) is 0 Å². The Kier molecular flexibility index (Phi) is 5.19. The van der Waals surface area contributed by atoms with Crippen molar-refractivity contribution in [3.63, 3.8) is 0 Å². The molecule has 0 spiro atoms. The van der Waals surface area contributed by atoms with Gasteiger partial charge in [0.25, 0.3) is 0 Å². The van der Waals surface area contributed by atoms with Crippen LogP contribution in [0.2, 0.25) is 0 Å². The number of aromatic nitrogens is 3. The molecule has 4 nitrogen and oxygen atoms in total. The van der Waals surface area contributed by atoms with Gasteiger partial charge in [-0.1, -0.05) is 20.8 Å². The number of nitrogens with zero attached hydrogens (tertiary/aromatic N) is 3. The van der Waals surface area contributed by atoms with Gasteiger partial charge in [0.1, 0.15) is 12.2 Å². The van der Waals surface area contributed by atoms with Crippen molar-refractivity contribution in [3.8, 4) is 0 Å². The minimum absolute atomic E-state index is 0.477. The van der Waals surface area contributed by atoms with Gasteiger partial charge in [-0.05, 0) is 56.0 Å². The first kappa shape index (κ1) is 15.5. The molecule has 20 heavy (non-hydrogen) atoms. The summed E-state index contributed by atoms with van der Waals surface area (Å²) in [7, 11) is 2.00. The zero-order chi connectivity index (χ0) is 14.6. The third-order valence-corrected chi connectivity index (χ3v) is 4.76. The Balaban J connectivity index is 2.00. The smallest absolute Gasteiger partial charge is 0.138 e. The van der Waals surface area contributed by atoms with Gasteiger partial charge in [0, 0.05) is 13.5 Å². The molecule has 1 fully saturated rings. The molecule has 1 aromatic heterocycles.